The van der Waals surface area contributed by atoms with Gasteiger partial charge in [-0.15, -0.1) is 5.10 Å². The van der Waals surface area contributed by atoms with Gasteiger partial charge in [0.15, 0.2) is 5.82 Å². The molecule has 1 saturated heterocycles. The number of nitrogens with zero attached hydrogens (tertiary/aromatic N) is 5. The van der Waals surface area contributed by atoms with Crippen LogP contribution in [0.15, 0.2) is 35.5 Å². The molecule has 1 aromatic carbocycles. The Balaban J connectivity index is 1.66. The number of aromatic nitrogens is 3. The van der Waals surface area contributed by atoms with E-state index >= 15 is 0 Å². The van der Waals surface area contributed by atoms with Crippen LogP contribution in [0.4, 0.5) is 10.2 Å². The highest BCUT2D eigenvalue weighted by molar-refractivity contribution is 7.91. The van der Waals surface area contributed by atoms with Crippen LogP contribution in [0.1, 0.15) is 26.7 Å². The van der Waals surface area contributed by atoms with E-state index in [2.05, 4.69) is 5.10 Å². The molecular formula is C21H25ClFN5O6S3. The summed E-state index contributed by atoms with van der Waals surface area (Å²) >= 11 is 6.41. The average Bonchev–Trinajstić information content (AvgIpc) is 3.21. The Morgan fingerprint density at radius 3 is 2.35 bits per heavy atom. The standard InChI is InChI=1S/C21H25ClFN5O6S3/c1-14(2)36(31,32)25-7-4-16(12-25)37(33,34)28-18-11-15(23)10-17(22)19(18)20(24-28)27-9-8-26(35(3,29)30)13-21(27)5-6-21/h4,7,10-12,14H,5-6,8-9,13H2,1-3H3. The fourth-order valence-corrected chi connectivity index (χ4v) is 8.12. The molecule has 3 aromatic rings. The fourth-order valence-electron chi connectivity index (χ4n) is 4.63. The first kappa shape index (κ1) is 26.4. The van der Waals surface area contributed by atoms with E-state index in [-0.39, 0.29) is 46.3 Å². The molecule has 2 fully saturated rings. The molecule has 2 aliphatic rings. The zero-order valence-electron chi connectivity index (χ0n) is 20.2. The minimum absolute atomic E-state index is 0.0484. The molecule has 202 valence electrons. The number of piperazine rings is 1. The van der Waals surface area contributed by atoms with Crippen molar-refractivity contribution < 1.29 is 29.6 Å². The third-order valence-corrected chi connectivity index (χ3v) is 12.0. The summed E-state index contributed by atoms with van der Waals surface area (Å²) in [5.41, 5.74) is -0.690. The van der Waals surface area contributed by atoms with Gasteiger partial charge in [-0.1, -0.05) is 11.6 Å². The number of benzene rings is 1. The predicted octanol–water partition coefficient (Wildman–Crippen LogP) is 2.07. The Bertz CT molecular complexity index is 1740. The number of rotatable bonds is 6. The Kier molecular flexibility index (Phi) is 5.99. The van der Waals surface area contributed by atoms with Gasteiger partial charge in [-0.25, -0.2) is 21.2 Å². The van der Waals surface area contributed by atoms with Crippen LogP contribution in [-0.2, 0) is 30.1 Å². The number of halogens is 2. The van der Waals surface area contributed by atoms with Crippen LogP contribution < -0.4 is 4.90 Å². The molecule has 1 aliphatic carbocycles. The van der Waals surface area contributed by atoms with Gasteiger partial charge >= 0.3 is 0 Å². The molecule has 0 bridgehead atoms. The minimum atomic E-state index is -4.47. The van der Waals surface area contributed by atoms with Crippen LogP contribution in [-0.4, -0.2) is 79.4 Å². The molecule has 0 amide bonds. The highest BCUT2D eigenvalue weighted by atomic mass is 35.5. The van der Waals surface area contributed by atoms with Gasteiger partial charge in [-0.05, 0) is 38.8 Å². The Hall–Kier alpha value is -2.20. The number of hydrogen-bond donors (Lipinski definition) is 0. The predicted molar refractivity (Wildman–Crippen MR) is 137 cm³/mol. The summed E-state index contributed by atoms with van der Waals surface area (Å²) in [5, 5.41) is 3.74. The fraction of sp³-hybridized carbons (Fsp3) is 0.476. The van der Waals surface area contributed by atoms with Gasteiger partial charge in [0.2, 0.25) is 20.0 Å². The first-order valence-electron chi connectivity index (χ1n) is 11.4. The van der Waals surface area contributed by atoms with E-state index < -0.39 is 46.7 Å². The summed E-state index contributed by atoms with van der Waals surface area (Å²) in [4.78, 5) is 1.50. The van der Waals surface area contributed by atoms with Crippen molar-refractivity contribution in [2.45, 2.75) is 42.4 Å². The van der Waals surface area contributed by atoms with E-state index in [0.29, 0.717) is 16.9 Å². The second kappa shape index (κ2) is 8.40. The molecule has 37 heavy (non-hydrogen) atoms. The molecule has 16 heteroatoms. The maximum absolute atomic E-state index is 14.4. The summed E-state index contributed by atoms with van der Waals surface area (Å²) in [5.74, 6) is -0.577. The van der Waals surface area contributed by atoms with Gasteiger partial charge in [0.05, 0.1) is 33.0 Å². The van der Waals surface area contributed by atoms with Gasteiger partial charge in [0, 0.05) is 38.1 Å². The van der Waals surface area contributed by atoms with Gasteiger partial charge in [-0.2, -0.15) is 16.8 Å². The highest BCUT2D eigenvalue weighted by Crippen LogP contribution is 2.49. The first-order chi connectivity index (χ1) is 17.1. The lowest BCUT2D eigenvalue weighted by Gasteiger charge is -2.41. The van der Waals surface area contributed by atoms with Crippen LogP contribution >= 0.6 is 11.6 Å². The monoisotopic (exact) mass is 593 g/mol. The number of anilines is 1. The van der Waals surface area contributed by atoms with Crippen molar-refractivity contribution in [2.75, 3.05) is 30.8 Å². The van der Waals surface area contributed by atoms with E-state index in [1.807, 2.05) is 4.90 Å². The third-order valence-electron chi connectivity index (χ3n) is 6.87. The Morgan fingerprint density at radius 2 is 1.76 bits per heavy atom. The molecule has 5 rings (SSSR count). The van der Waals surface area contributed by atoms with Crippen molar-refractivity contribution in [3.63, 3.8) is 0 Å². The van der Waals surface area contributed by atoms with Crippen molar-refractivity contribution in [1.82, 2.24) is 17.5 Å². The number of sulfonamides is 1. The maximum Gasteiger partial charge on any atom is 0.285 e. The summed E-state index contributed by atoms with van der Waals surface area (Å²) in [7, 11) is -11.7. The minimum Gasteiger partial charge on any atom is -0.346 e. The Labute approximate surface area is 219 Å². The lowest BCUT2D eigenvalue weighted by Crippen LogP contribution is -2.56. The molecule has 1 aliphatic heterocycles. The Morgan fingerprint density at radius 1 is 1.08 bits per heavy atom. The molecule has 11 nitrogen and oxygen atoms in total. The molecule has 0 unspecified atom stereocenters. The highest BCUT2D eigenvalue weighted by Gasteiger charge is 2.54. The van der Waals surface area contributed by atoms with Gasteiger partial charge in [-0.3, -0.25) is 3.97 Å². The van der Waals surface area contributed by atoms with Crippen LogP contribution in [0.3, 0.4) is 0 Å². The topological polar surface area (TPSA) is 132 Å². The molecule has 1 saturated carbocycles. The smallest absolute Gasteiger partial charge is 0.285 e. The molecule has 2 aromatic heterocycles. The molecule has 0 radical (unpaired) electrons. The van der Waals surface area contributed by atoms with Gasteiger partial charge < -0.3 is 4.90 Å². The lowest BCUT2D eigenvalue weighted by atomic mass is 10.1. The zero-order chi connectivity index (χ0) is 27.1. The third kappa shape index (κ3) is 4.24. The molecule has 3 heterocycles. The van der Waals surface area contributed by atoms with Crippen LogP contribution in [0, 0.1) is 5.82 Å². The second-order valence-electron chi connectivity index (χ2n) is 9.70. The second-order valence-corrected chi connectivity index (χ2v) is 16.2. The van der Waals surface area contributed by atoms with Crippen LogP contribution in [0.5, 0.6) is 0 Å². The van der Waals surface area contributed by atoms with E-state index in [0.717, 1.165) is 40.8 Å². The summed E-state index contributed by atoms with van der Waals surface area (Å²) in [6.45, 7) is 3.55. The molecule has 0 N–H and O–H groups in total. The molecular weight excluding hydrogens is 569 g/mol. The van der Waals surface area contributed by atoms with Crippen LogP contribution in [0.25, 0.3) is 10.9 Å². The van der Waals surface area contributed by atoms with E-state index in [1.54, 1.807) is 0 Å². The summed E-state index contributed by atoms with van der Waals surface area (Å²) in [6.07, 6.45) is 4.57. The quantitative estimate of drug-likeness (QED) is 0.424. The van der Waals surface area contributed by atoms with Gasteiger partial charge in [0.1, 0.15) is 10.7 Å². The van der Waals surface area contributed by atoms with E-state index in [1.165, 1.54) is 18.2 Å². The van der Waals surface area contributed by atoms with Gasteiger partial charge in [0.25, 0.3) is 10.0 Å². The average molecular weight is 594 g/mol. The van der Waals surface area contributed by atoms with E-state index in [4.69, 9.17) is 11.6 Å². The molecule has 1 spiro atoms. The first-order valence-corrected chi connectivity index (χ1v) is 16.5. The van der Waals surface area contributed by atoms with Crippen molar-refractivity contribution in [1.29, 1.82) is 0 Å². The largest absolute Gasteiger partial charge is 0.346 e. The van der Waals surface area contributed by atoms with E-state index in [9.17, 15) is 29.6 Å². The SMILES string of the molecule is CC(C)S(=O)(=O)n1ccc(S(=O)(=O)n2nc(N3CCN(S(C)(=O)=O)CC34CC4)c3c(Cl)cc(F)cc32)c1. The summed E-state index contributed by atoms with van der Waals surface area (Å²) in [6, 6.07) is 3.20. The maximum atomic E-state index is 14.4. The zero-order valence-corrected chi connectivity index (χ0v) is 23.4. The molecule has 0 atom stereocenters. The number of hydrogen-bond acceptors (Lipinski definition) is 8. The lowest BCUT2D eigenvalue weighted by molar-refractivity contribution is 0.321. The van der Waals surface area contributed by atoms with Crippen molar-refractivity contribution in [2.24, 2.45) is 0 Å². The summed E-state index contributed by atoms with van der Waals surface area (Å²) < 4.78 is 94.0. The normalized spacial score (nSPS) is 18.8. The van der Waals surface area contributed by atoms with Crippen LogP contribution in [0.2, 0.25) is 5.02 Å². The number of fused-ring (bicyclic) bond motifs is 1. The van der Waals surface area contributed by atoms with Crippen molar-refractivity contribution in [3.05, 3.63) is 41.4 Å². The van der Waals surface area contributed by atoms with Crippen molar-refractivity contribution in [3.8, 4) is 0 Å². The van der Waals surface area contributed by atoms with Crippen molar-refractivity contribution >= 4 is 58.4 Å².